The lowest BCUT2D eigenvalue weighted by Gasteiger charge is -2.09. The topological polar surface area (TPSA) is 83.6 Å². The maximum absolute atomic E-state index is 12.0. The fraction of sp³-hybridized carbons (Fsp3) is 0.333. The third-order valence-corrected chi connectivity index (χ3v) is 4.60. The number of rotatable bonds is 2. The molecule has 2 rings (SSSR count). The monoisotopic (exact) mass is 282 g/mol. The molecule has 1 aromatic carbocycles. The van der Waals surface area contributed by atoms with Crippen LogP contribution in [0.4, 0.5) is 0 Å². The number of sulfonamides is 1. The van der Waals surface area contributed by atoms with Gasteiger partial charge in [0.25, 0.3) is 21.8 Å². The first-order valence-electron chi connectivity index (χ1n) is 5.73. The van der Waals surface area contributed by atoms with Gasteiger partial charge in [0.2, 0.25) is 0 Å². The summed E-state index contributed by atoms with van der Waals surface area (Å²) < 4.78 is 24.6. The van der Waals surface area contributed by atoms with E-state index in [1.807, 2.05) is 0 Å². The van der Waals surface area contributed by atoms with Gasteiger partial charge in [-0.15, -0.1) is 0 Å². The molecule has 7 heteroatoms. The van der Waals surface area contributed by atoms with Crippen LogP contribution in [-0.4, -0.2) is 37.6 Å². The molecule has 0 atom stereocenters. The van der Waals surface area contributed by atoms with Crippen LogP contribution in [0.15, 0.2) is 23.1 Å². The van der Waals surface area contributed by atoms with E-state index in [9.17, 15) is 18.0 Å². The minimum Gasteiger partial charge on any atom is -0.350 e. The van der Waals surface area contributed by atoms with Crippen molar-refractivity contribution >= 4 is 21.8 Å². The van der Waals surface area contributed by atoms with Gasteiger partial charge in [-0.05, 0) is 32.0 Å². The second-order valence-electron chi connectivity index (χ2n) is 4.62. The lowest BCUT2D eigenvalue weighted by Crippen LogP contribution is -2.30. The fourth-order valence-corrected chi connectivity index (χ4v) is 3.15. The highest BCUT2D eigenvalue weighted by Gasteiger charge is 2.38. The molecule has 0 spiro atoms. The van der Waals surface area contributed by atoms with Gasteiger partial charge in [-0.25, -0.2) is 12.7 Å². The number of carbonyl (C=O) groups is 2. The van der Waals surface area contributed by atoms with Crippen molar-refractivity contribution in [3.8, 4) is 0 Å². The van der Waals surface area contributed by atoms with Crippen LogP contribution in [0.1, 0.15) is 34.6 Å². The number of hydrogen-bond donors (Lipinski definition) is 1. The lowest BCUT2D eigenvalue weighted by molar-refractivity contribution is 0.0889. The van der Waals surface area contributed by atoms with E-state index < -0.39 is 15.9 Å². The van der Waals surface area contributed by atoms with Crippen molar-refractivity contribution in [1.29, 1.82) is 0 Å². The van der Waals surface area contributed by atoms with Gasteiger partial charge in [0.05, 0.1) is 5.56 Å². The Balaban J connectivity index is 2.50. The van der Waals surface area contributed by atoms with Crippen LogP contribution in [0.3, 0.4) is 0 Å². The number of hydrogen-bond acceptors (Lipinski definition) is 4. The van der Waals surface area contributed by atoms with Gasteiger partial charge in [0.1, 0.15) is 4.90 Å². The van der Waals surface area contributed by atoms with E-state index >= 15 is 0 Å². The molecular formula is C12H14N2O4S. The summed E-state index contributed by atoms with van der Waals surface area (Å²) in [7, 11) is -2.61. The first kappa shape index (κ1) is 13.5. The van der Waals surface area contributed by atoms with E-state index in [4.69, 9.17) is 0 Å². The van der Waals surface area contributed by atoms with Crippen molar-refractivity contribution in [3.05, 3.63) is 29.3 Å². The number of fused-ring (bicyclic) bond motifs is 1. The van der Waals surface area contributed by atoms with Crippen LogP contribution >= 0.6 is 0 Å². The van der Waals surface area contributed by atoms with Gasteiger partial charge >= 0.3 is 0 Å². The highest BCUT2D eigenvalue weighted by Crippen LogP contribution is 2.29. The predicted molar refractivity (Wildman–Crippen MR) is 68.3 cm³/mol. The summed E-state index contributed by atoms with van der Waals surface area (Å²) in [4.78, 5) is 23.4. The Bertz CT molecular complexity index is 664. The summed E-state index contributed by atoms with van der Waals surface area (Å²) in [6, 6.07) is 4.00. The first-order valence-corrected chi connectivity index (χ1v) is 7.17. The molecule has 0 saturated heterocycles. The molecule has 0 bridgehead atoms. The summed E-state index contributed by atoms with van der Waals surface area (Å²) >= 11 is 0. The minimum absolute atomic E-state index is 0.0540. The second kappa shape index (κ2) is 4.34. The Kier molecular flexibility index (Phi) is 3.09. The van der Waals surface area contributed by atoms with Crippen LogP contribution in [-0.2, 0) is 10.0 Å². The van der Waals surface area contributed by atoms with E-state index in [0.29, 0.717) is 4.31 Å². The zero-order valence-electron chi connectivity index (χ0n) is 10.8. The van der Waals surface area contributed by atoms with Crippen LogP contribution in [0.25, 0.3) is 0 Å². The van der Waals surface area contributed by atoms with E-state index in [1.54, 1.807) is 13.8 Å². The molecule has 0 aromatic heterocycles. The molecular weight excluding hydrogens is 268 g/mol. The number of benzene rings is 1. The molecule has 102 valence electrons. The van der Waals surface area contributed by atoms with Crippen LogP contribution in [0, 0.1) is 0 Å². The molecule has 0 fully saturated rings. The molecule has 6 nitrogen and oxygen atoms in total. The van der Waals surface area contributed by atoms with E-state index in [-0.39, 0.29) is 28.0 Å². The van der Waals surface area contributed by atoms with Crippen molar-refractivity contribution in [1.82, 2.24) is 9.62 Å². The Labute approximate surface area is 111 Å². The Morgan fingerprint density at radius 3 is 2.53 bits per heavy atom. The van der Waals surface area contributed by atoms with Gasteiger partial charge in [-0.2, -0.15) is 0 Å². The molecule has 1 aliphatic rings. The quantitative estimate of drug-likeness (QED) is 0.861. The smallest absolute Gasteiger partial charge is 0.268 e. The van der Waals surface area contributed by atoms with Gasteiger partial charge < -0.3 is 5.32 Å². The molecule has 19 heavy (non-hydrogen) atoms. The molecule has 0 radical (unpaired) electrons. The number of nitrogens with one attached hydrogen (secondary N) is 1. The molecule has 1 aromatic rings. The number of amides is 2. The summed E-state index contributed by atoms with van der Waals surface area (Å²) in [5, 5.41) is 2.67. The minimum atomic E-state index is -3.81. The van der Waals surface area contributed by atoms with E-state index in [2.05, 4.69) is 5.32 Å². The number of carbonyl (C=O) groups excluding carboxylic acids is 2. The first-order chi connectivity index (χ1) is 8.75. The SMILES string of the molecule is CC(C)NC(=O)c1ccc2c(c1)S(=O)(=O)N(C)C2=O. The Morgan fingerprint density at radius 1 is 1.32 bits per heavy atom. The summed E-state index contributed by atoms with van der Waals surface area (Å²) in [6.45, 7) is 3.61. The third kappa shape index (κ3) is 2.10. The van der Waals surface area contributed by atoms with Gasteiger partial charge in [0.15, 0.2) is 0 Å². The van der Waals surface area contributed by atoms with Crippen molar-refractivity contribution in [3.63, 3.8) is 0 Å². The molecule has 2 amide bonds. The van der Waals surface area contributed by atoms with Crippen molar-refractivity contribution in [2.75, 3.05) is 7.05 Å². The summed E-state index contributed by atoms with van der Waals surface area (Å²) in [5.41, 5.74) is 0.322. The van der Waals surface area contributed by atoms with E-state index in [1.165, 1.54) is 25.2 Å². The summed E-state index contributed by atoms with van der Waals surface area (Å²) in [6.07, 6.45) is 0. The van der Waals surface area contributed by atoms with Crippen molar-refractivity contribution in [2.24, 2.45) is 0 Å². The molecule has 0 unspecified atom stereocenters. The molecule has 1 N–H and O–H groups in total. The Hall–Kier alpha value is -1.89. The average Bonchev–Trinajstić information content (AvgIpc) is 2.50. The van der Waals surface area contributed by atoms with Crippen molar-refractivity contribution in [2.45, 2.75) is 24.8 Å². The maximum Gasteiger partial charge on any atom is 0.268 e. The van der Waals surface area contributed by atoms with Crippen molar-refractivity contribution < 1.29 is 18.0 Å². The van der Waals surface area contributed by atoms with E-state index in [0.717, 1.165) is 0 Å². The number of nitrogens with zero attached hydrogens (tertiary/aromatic N) is 1. The molecule has 0 aliphatic carbocycles. The largest absolute Gasteiger partial charge is 0.350 e. The Morgan fingerprint density at radius 2 is 1.95 bits per heavy atom. The standard InChI is InChI=1S/C12H14N2O4S/c1-7(2)13-11(15)8-4-5-9-10(6-8)19(17,18)14(3)12(9)16/h4-7H,1-3H3,(H,13,15). The van der Waals surface area contributed by atoms with Gasteiger partial charge in [0, 0.05) is 18.7 Å². The normalized spacial score (nSPS) is 16.6. The predicted octanol–water partition coefficient (Wildman–Crippen LogP) is 0.599. The average molecular weight is 282 g/mol. The molecule has 1 heterocycles. The molecule has 0 saturated carbocycles. The van der Waals surface area contributed by atoms with Crippen LogP contribution in [0.2, 0.25) is 0 Å². The second-order valence-corrected chi connectivity index (χ2v) is 6.55. The van der Waals surface area contributed by atoms with Gasteiger partial charge in [-0.1, -0.05) is 0 Å². The van der Waals surface area contributed by atoms with Crippen LogP contribution in [0.5, 0.6) is 0 Å². The highest BCUT2D eigenvalue weighted by atomic mass is 32.2. The zero-order valence-corrected chi connectivity index (χ0v) is 11.6. The highest BCUT2D eigenvalue weighted by molar-refractivity contribution is 7.90. The van der Waals surface area contributed by atoms with Gasteiger partial charge in [-0.3, -0.25) is 9.59 Å². The third-order valence-electron chi connectivity index (χ3n) is 2.82. The molecule has 1 aliphatic heterocycles. The maximum atomic E-state index is 12.0. The lowest BCUT2D eigenvalue weighted by atomic mass is 10.1. The summed E-state index contributed by atoms with van der Waals surface area (Å²) in [5.74, 6) is -0.944. The fourth-order valence-electron chi connectivity index (χ4n) is 1.83. The van der Waals surface area contributed by atoms with Crippen LogP contribution < -0.4 is 5.32 Å². The zero-order chi connectivity index (χ0) is 14.4.